The molecule has 2 nitrogen and oxygen atoms in total. The first kappa shape index (κ1) is 14.3. The fourth-order valence-electron chi connectivity index (χ4n) is 1.84. The van der Waals surface area contributed by atoms with Gasteiger partial charge in [0, 0.05) is 14.5 Å². The van der Waals surface area contributed by atoms with E-state index in [2.05, 4.69) is 31.9 Å². The summed E-state index contributed by atoms with van der Waals surface area (Å²) in [7, 11) is 1.57. The molecule has 98 valence electrons. The van der Waals surface area contributed by atoms with Gasteiger partial charge >= 0.3 is 0 Å². The predicted octanol–water partition coefficient (Wildman–Crippen LogP) is 4.76. The number of ether oxygens (including phenoxy) is 1. The number of rotatable bonds is 3. The Bertz CT molecular complexity index is 616. The third-order valence-corrected chi connectivity index (χ3v) is 3.64. The van der Waals surface area contributed by atoms with E-state index in [9.17, 15) is 4.79 Å². The molecular weight excluding hydrogens is 372 g/mol. The molecule has 0 amide bonds. The number of carbonyl (C=O) groups is 1. The Balaban J connectivity index is 2.52. The lowest BCUT2D eigenvalue weighted by Crippen LogP contribution is -2.04. The molecule has 0 unspecified atom stereocenters. The highest BCUT2D eigenvalue weighted by molar-refractivity contribution is 9.11. The van der Waals surface area contributed by atoms with Crippen molar-refractivity contribution in [2.24, 2.45) is 0 Å². The van der Waals surface area contributed by atoms with Gasteiger partial charge in [0.1, 0.15) is 5.75 Å². The fourth-order valence-corrected chi connectivity index (χ4v) is 3.13. The van der Waals surface area contributed by atoms with Crippen LogP contribution in [0.5, 0.6) is 5.75 Å². The minimum Gasteiger partial charge on any atom is -0.496 e. The highest BCUT2D eigenvalue weighted by Crippen LogP contribution is 2.26. The van der Waals surface area contributed by atoms with Crippen LogP contribution in [0.25, 0.3) is 0 Å². The van der Waals surface area contributed by atoms with Crippen LogP contribution in [0.15, 0.2) is 45.3 Å². The molecule has 0 atom stereocenters. The first-order valence-electron chi connectivity index (χ1n) is 5.66. The van der Waals surface area contributed by atoms with Gasteiger partial charge < -0.3 is 4.74 Å². The molecule has 0 bridgehead atoms. The second kappa shape index (κ2) is 5.88. The molecule has 2 rings (SSSR count). The Morgan fingerprint density at radius 3 is 2.26 bits per heavy atom. The van der Waals surface area contributed by atoms with E-state index in [0.29, 0.717) is 16.9 Å². The van der Waals surface area contributed by atoms with Crippen molar-refractivity contribution in [1.82, 2.24) is 0 Å². The summed E-state index contributed by atoms with van der Waals surface area (Å²) in [4.78, 5) is 12.6. The zero-order valence-electron chi connectivity index (χ0n) is 10.5. The van der Waals surface area contributed by atoms with Gasteiger partial charge in [-0.15, -0.1) is 0 Å². The summed E-state index contributed by atoms with van der Waals surface area (Å²) in [6.45, 7) is 1.95. The zero-order chi connectivity index (χ0) is 14.0. The van der Waals surface area contributed by atoms with Crippen LogP contribution in [0.1, 0.15) is 21.5 Å². The van der Waals surface area contributed by atoms with Crippen LogP contribution in [0, 0.1) is 6.92 Å². The molecule has 0 N–H and O–H groups in total. The van der Waals surface area contributed by atoms with Crippen molar-refractivity contribution >= 4 is 37.6 Å². The van der Waals surface area contributed by atoms with Crippen molar-refractivity contribution in [2.45, 2.75) is 6.92 Å². The number of halogens is 2. The Morgan fingerprint density at radius 2 is 1.68 bits per heavy atom. The van der Waals surface area contributed by atoms with Gasteiger partial charge in [0.2, 0.25) is 0 Å². The molecule has 0 fully saturated rings. The number of methoxy groups -OCH3 is 1. The van der Waals surface area contributed by atoms with E-state index in [1.54, 1.807) is 19.2 Å². The summed E-state index contributed by atoms with van der Waals surface area (Å²) >= 11 is 6.78. The number of hydrogen-bond acceptors (Lipinski definition) is 2. The summed E-state index contributed by atoms with van der Waals surface area (Å²) in [5.41, 5.74) is 2.22. The molecule has 0 saturated carbocycles. The minimum atomic E-state index is -0.0532. The predicted molar refractivity (Wildman–Crippen MR) is 83.0 cm³/mol. The van der Waals surface area contributed by atoms with Crippen LogP contribution in [0.2, 0.25) is 0 Å². The number of aryl methyl sites for hydroxylation is 1. The molecule has 0 spiro atoms. The fraction of sp³-hybridized carbons (Fsp3) is 0.133. The summed E-state index contributed by atoms with van der Waals surface area (Å²) in [6.07, 6.45) is 0. The standard InChI is InChI=1S/C15H12Br2O2/c1-9-3-4-14(19-2)13(5-9)15(18)10-6-11(16)8-12(17)7-10/h3-8H,1-2H3. The largest absolute Gasteiger partial charge is 0.496 e. The third-order valence-electron chi connectivity index (χ3n) is 2.72. The Morgan fingerprint density at radius 1 is 1.05 bits per heavy atom. The summed E-state index contributed by atoms with van der Waals surface area (Å²) in [5, 5.41) is 0. The molecule has 0 aromatic heterocycles. The molecule has 0 aliphatic heterocycles. The average molecular weight is 384 g/mol. The highest BCUT2D eigenvalue weighted by Gasteiger charge is 2.15. The molecule has 0 radical (unpaired) electrons. The first-order chi connectivity index (χ1) is 9.01. The monoisotopic (exact) mass is 382 g/mol. The van der Waals surface area contributed by atoms with Gasteiger partial charge in [-0.3, -0.25) is 4.79 Å². The van der Waals surface area contributed by atoms with Gasteiger partial charge in [-0.2, -0.15) is 0 Å². The van der Waals surface area contributed by atoms with Gasteiger partial charge in [-0.05, 0) is 37.3 Å². The number of ketones is 1. The minimum absolute atomic E-state index is 0.0532. The third kappa shape index (κ3) is 3.25. The van der Waals surface area contributed by atoms with Crippen LogP contribution >= 0.6 is 31.9 Å². The summed E-state index contributed by atoms with van der Waals surface area (Å²) in [5.74, 6) is 0.536. The van der Waals surface area contributed by atoms with Gasteiger partial charge in [0.05, 0.1) is 12.7 Å². The second-order valence-electron chi connectivity index (χ2n) is 4.19. The Kier molecular flexibility index (Phi) is 4.42. The topological polar surface area (TPSA) is 26.3 Å². The molecule has 4 heteroatoms. The molecular formula is C15H12Br2O2. The smallest absolute Gasteiger partial charge is 0.196 e. The maximum absolute atomic E-state index is 12.6. The van der Waals surface area contributed by atoms with Crippen LogP contribution in [-0.2, 0) is 0 Å². The summed E-state index contributed by atoms with van der Waals surface area (Å²) < 4.78 is 6.98. The van der Waals surface area contributed by atoms with Crippen molar-refractivity contribution in [1.29, 1.82) is 0 Å². The van der Waals surface area contributed by atoms with E-state index in [0.717, 1.165) is 14.5 Å². The normalized spacial score (nSPS) is 10.3. The molecule has 0 aliphatic carbocycles. The summed E-state index contributed by atoms with van der Waals surface area (Å²) in [6, 6.07) is 11.1. The second-order valence-corrected chi connectivity index (χ2v) is 6.02. The molecule has 0 aliphatic rings. The average Bonchev–Trinajstić information content (AvgIpc) is 2.36. The van der Waals surface area contributed by atoms with Gasteiger partial charge in [-0.25, -0.2) is 0 Å². The van der Waals surface area contributed by atoms with Crippen LogP contribution in [0.4, 0.5) is 0 Å². The molecule has 2 aromatic rings. The molecule has 2 aromatic carbocycles. The van der Waals surface area contributed by atoms with Crippen molar-refractivity contribution in [3.8, 4) is 5.75 Å². The quantitative estimate of drug-likeness (QED) is 0.714. The SMILES string of the molecule is COc1ccc(C)cc1C(=O)c1cc(Br)cc(Br)c1. The van der Waals surface area contributed by atoms with E-state index in [1.807, 2.05) is 31.2 Å². The van der Waals surface area contributed by atoms with Crippen LogP contribution in [0.3, 0.4) is 0 Å². The van der Waals surface area contributed by atoms with Gasteiger partial charge in [0.15, 0.2) is 5.78 Å². The number of carbonyl (C=O) groups excluding carboxylic acids is 1. The van der Waals surface area contributed by atoms with Gasteiger partial charge in [-0.1, -0.05) is 43.5 Å². The highest BCUT2D eigenvalue weighted by atomic mass is 79.9. The van der Waals surface area contributed by atoms with E-state index >= 15 is 0 Å². The maximum atomic E-state index is 12.6. The van der Waals surface area contributed by atoms with Gasteiger partial charge in [0.25, 0.3) is 0 Å². The lowest BCUT2D eigenvalue weighted by Gasteiger charge is -2.09. The van der Waals surface area contributed by atoms with Crippen molar-refractivity contribution in [2.75, 3.05) is 7.11 Å². The lowest BCUT2D eigenvalue weighted by molar-refractivity contribution is 0.103. The van der Waals surface area contributed by atoms with E-state index in [-0.39, 0.29) is 5.78 Å². The maximum Gasteiger partial charge on any atom is 0.196 e. The number of benzene rings is 2. The zero-order valence-corrected chi connectivity index (χ0v) is 13.7. The van der Waals surface area contributed by atoms with Crippen molar-refractivity contribution in [3.05, 3.63) is 62.0 Å². The molecule has 0 saturated heterocycles. The molecule has 0 heterocycles. The van der Waals surface area contributed by atoms with E-state index < -0.39 is 0 Å². The van der Waals surface area contributed by atoms with E-state index in [4.69, 9.17) is 4.74 Å². The molecule has 19 heavy (non-hydrogen) atoms. The Labute approximate surface area is 129 Å². The Hall–Kier alpha value is -1.13. The van der Waals surface area contributed by atoms with Crippen molar-refractivity contribution in [3.63, 3.8) is 0 Å². The van der Waals surface area contributed by atoms with E-state index in [1.165, 1.54) is 0 Å². The lowest BCUT2D eigenvalue weighted by atomic mass is 10.0. The first-order valence-corrected chi connectivity index (χ1v) is 7.25. The number of hydrogen-bond donors (Lipinski definition) is 0. The van der Waals surface area contributed by atoms with Crippen molar-refractivity contribution < 1.29 is 9.53 Å². The van der Waals surface area contributed by atoms with Crippen LogP contribution < -0.4 is 4.74 Å². The van der Waals surface area contributed by atoms with Crippen LogP contribution in [-0.4, -0.2) is 12.9 Å².